The van der Waals surface area contributed by atoms with E-state index in [1.807, 2.05) is 37.2 Å². The van der Waals surface area contributed by atoms with E-state index in [0.717, 1.165) is 55.1 Å². The van der Waals surface area contributed by atoms with Crippen LogP contribution in [0.3, 0.4) is 0 Å². The summed E-state index contributed by atoms with van der Waals surface area (Å²) in [4.78, 5) is 33.1. The molecular formula is C22H31N5O3. The molecule has 8 heteroatoms. The van der Waals surface area contributed by atoms with Crippen molar-refractivity contribution in [2.45, 2.75) is 19.8 Å². The van der Waals surface area contributed by atoms with Gasteiger partial charge in [-0.3, -0.25) is 9.59 Å². The van der Waals surface area contributed by atoms with Crippen molar-refractivity contribution in [2.24, 2.45) is 0 Å². The Hall–Kier alpha value is -2.71. The van der Waals surface area contributed by atoms with E-state index >= 15 is 0 Å². The second kappa shape index (κ2) is 10.4. The molecule has 0 radical (unpaired) electrons. The highest BCUT2D eigenvalue weighted by molar-refractivity contribution is 5.96. The molecule has 0 atom stereocenters. The normalized spacial score (nSPS) is 14.2. The van der Waals surface area contributed by atoms with E-state index in [1.165, 1.54) is 0 Å². The number of nitrogens with zero attached hydrogens (tertiary/aromatic N) is 3. The smallest absolute Gasteiger partial charge is 0.224 e. The molecule has 0 saturated carbocycles. The Kier molecular flexibility index (Phi) is 7.59. The summed E-state index contributed by atoms with van der Waals surface area (Å²) in [7, 11) is 3.90. The van der Waals surface area contributed by atoms with Crippen molar-refractivity contribution >= 4 is 34.2 Å². The van der Waals surface area contributed by atoms with Crippen LogP contribution in [0.25, 0.3) is 10.9 Å². The van der Waals surface area contributed by atoms with E-state index in [9.17, 15) is 9.59 Å². The summed E-state index contributed by atoms with van der Waals surface area (Å²) in [6, 6.07) is 7.80. The van der Waals surface area contributed by atoms with Gasteiger partial charge in [0.25, 0.3) is 0 Å². The Morgan fingerprint density at radius 1 is 1.13 bits per heavy atom. The number of anilines is 2. The highest BCUT2D eigenvalue weighted by atomic mass is 16.5. The molecule has 8 nitrogen and oxygen atoms in total. The number of aromatic nitrogens is 1. The molecule has 2 N–H and O–H groups in total. The number of nitrogens with one attached hydrogen (secondary N) is 2. The second-order valence-corrected chi connectivity index (χ2v) is 7.83. The van der Waals surface area contributed by atoms with Gasteiger partial charge in [0.2, 0.25) is 11.8 Å². The molecule has 2 amide bonds. The van der Waals surface area contributed by atoms with Gasteiger partial charge in [-0.05, 0) is 50.8 Å². The van der Waals surface area contributed by atoms with Crippen molar-refractivity contribution in [3.63, 3.8) is 0 Å². The molecule has 1 aliphatic heterocycles. The molecule has 0 unspecified atom stereocenters. The molecule has 2 aromatic rings. The summed E-state index contributed by atoms with van der Waals surface area (Å²) >= 11 is 0. The summed E-state index contributed by atoms with van der Waals surface area (Å²) in [5.74, 6) is 0.675. The summed E-state index contributed by atoms with van der Waals surface area (Å²) in [6.45, 7) is 6.53. The van der Waals surface area contributed by atoms with Gasteiger partial charge in [-0.15, -0.1) is 0 Å². The highest BCUT2D eigenvalue weighted by Crippen LogP contribution is 2.26. The van der Waals surface area contributed by atoms with Crippen molar-refractivity contribution in [1.29, 1.82) is 0 Å². The van der Waals surface area contributed by atoms with Gasteiger partial charge in [0, 0.05) is 50.1 Å². The molecule has 1 fully saturated rings. The number of amides is 2. The Labute approximate surface area is 177 Å². The monoisotopic (exact) mass is 413 g/mol. The predicted molar refractivity (Wildman–Crippen MR) is 119 cm³/mol. The van der Waals surface area contributed by atoms with Gasteiger partial charge in [0.1, 0.15) is 5.82 Å². The average Bonchev–Trinajstić information content (AvgIpc) is 2.73. The summed E-state index contributed by atoms with van der Waals surface area (Å²) in [5, 5.41) is 6.71. The molecule has 30 heavy (non-hydrogen) atoms. The molecule has 162 valence electrons. The van der Waals surface area contributed by atoms with E-state index in [-0.39, 0.29) is 24.7 Å². The number of hydrogen-bond acceptors (Lipinski definition) is 6. The number of pyridine rings is 1. The Bertz CT molecular complexity index is 894. The summed E-state index contributed by atoms with van der Waals surface area (Å²) in [6.07, 6.45) is 0.329. The van der Waals surface area contributed by atoms with Crippen LogP contribution < -0.4 is 15.5 Å². The van der Waals surface area contributed by atoms with Crippen LogP contribution in [0.4, 0.5) is 11.5 Å². The molecule has 0 bridgehead atoms. The maximum absolute atomic E-state index is 12.2. The molecule has 1 aliphatic rings. The lowest BCUT2D eigenvalue weighted by molar-refractivity contribution is -0.124. The number of rotatable bonds is 8. The number of hydrogen-bond donors (Lipinski definition) is 2. The minimum atomic E-state index is -0.173. The first-order valence-corrected chi connectivity index (χ1v) is 10.4. The van der Waals surface area contributed by atoms with Crippen LogP contribution in [0.2, 0.25) is 0 Å². The number of likely N-dealkylation sites (N-methyl/N-ethyl adjacent to an activating group) is 1. The van der Waals surface area contributed by atoms with Crippen molar-refractivity contribution in [2.75, 3.05) is 63.7 Å². The fourth-order valence-corrected chi connectivity index (χ4v) is 3.37. The third kappa shape index (κ3) is 6.14. The van der Waals surface area contributed by atoms with Gasteiger partial charge in [0.05, 0.1) is 18.7 Å². The van der Waals surface area contributed by atoms with Crippen LogP contribution in [0.5, 0.6) is 0 Å². The Morgan fingerprint density at radius 2 is 1.87 bits per heavy atom. The summed E-state index contributed by atoms with van der Waals surface area (Å²) in [5.41, 5.74) is 2.72. The lowest BCUT2D eigenvalue weighted by Gasteiger charge is -2.28. The first-order chi connectivity index (χ1) is 14.4. The molecule has 1 aromatic heterocycles. The van der Waals surface area contributed by atoms with Crippen LogP contribution in [-0.4, -0.2) is 75.2 Å². The largest absolute Gasteiger partial charge is 0.378 e. The molecule has 1 aromatic carbocycles. The van der Waals surface area contributed by atoms with Gasteiger partial charge in [0.15, 0.2) is 0 Å². The second-order valence-electron chi connectivity index (χ2n) is 7.83. The van der Waals surface area contributed by atoms with Crippen LogP contribution in [0.1, 0.15) is 18.4 Å². The Morgan fingerprint density at radius 3 is 2.60 bits per heavy atom. The first kappa shape index (κ1) is 22.0. The van der Waals surface area contributed by atoms with Gasteiger partial charge >= 0.3 is 0 Å². The zero-order chi connectivity index (χ0) is 21.5. The van der Waals surface area contributed by atoms with Crippen LogP contribution in [0.15, 0.2) is 24.3 Å². The predicted octanol–water partition coefficient (Wildman–Crippen LogP) is 1.78. The lowest BCUT2D eigenvalue weighted by atomic mass is 10.1. The minimum absolute atomic E-state index is 0.110. The fraction of sp³-hybridized carbons (Fsp3) is 0.500. The van der Waals surface area contributed by atoms with E-state index < -0.39 is 0 Å². The first-order valence-electron chi connectivity index (χ1n) is 10.4. The van der Waals surface area contributed by atoms with Crippen LogP contribution in [0, 0.1) is 6.92 Å². The van der Waals surface area contributed by atoms with Gasteiger partial charge in [-0.1, -0.05) is 0 Å². The van der Waals surface area contributed by atoms with Gasteiger partial charge in [-0.2, -0.15) is 0 Å². The number of ether oxygens (including phenoxy) is 1. The van der Waals surface area contributed by atoms with Crippen LogP contribution in [-0.2, 0) is 14.3 Å². The maximum atomic E-state index is 12.2. The van der Waals surface area contributed by atoms with Crippen molar-refractivity contribution in [1.82, 2.24) is 15.2 Å². The third-order valence-corrected chi connectivity index (χ3v) is 5.08. The topological polar surface area (TPSA) is 86.8 Å². The lowest BCUT2D eigenvalue weighted by Crippen LogP contribution is -2.36. The number of aryl methyl sites for hydroxylation is 1. The molecule has 0 aliphatic carbocycles. The van der Waals surface area contributed by atoms with Crippen molar-refractivity contribution in [3.8, 4) is 0 Å². The highest BCUT2D eigenvalue weighted by Gasteiger charge is 2.14. The van der Waals surface area contributed by atoms with E-state index in [1.54, 1.807) is 0 Å². The molecule has 1 saturated heterocycles. The number of carbonyl (C=O) groups excluding carboxylic acids is 2. The number of morpholine rings is 1. The average molecular weight is 414 g/mol. The van der Waals surface area contributed by atoms with E-state index in [2.05, 4.69) is 28.5 Å². The van der Waals surface area contributed by atoms with E-state index in [0.29, 0.717) is 12.2 Å². The fourth-order valence-electron chi connectivity index (χ4n) is 3.37. The van der Waals surface area contributed by atoms with Crippen molar-refractivity contribution < 1.29 is 14.3 Å². The molecule has 3 rings (SSSR count). The molecular weight excluding hydrogens is 382 g/mol. The number of fused-ring (bicyclic) bond motifs is 1. The van der Waals surface area contributed by atoms with Crippen LogP contribution >= 0.6 is 0 Å². The third-order valence-electron chi connectivity index (χ3n) is 5.08. The number of benzene rings is 1. The summed E-state index contributed by atoms with van der Waals surface area (Å²) < 4.78 is 5.42. The van der Waals surface area contributed by atoms with E-state index in [4.69, 9.17) is 9.72 Å². The SMILES string of the molecule is Cc1cc(N2CCOCC2)nc2ccc(NC(=O)CCC(=O)NCCN(C)C)cc12. The zero-order valence-electron chi connectivity index (χ0n) is 18.0. The van der Waals surface area contributed by atoms with Gasteiger partial charge in [-0.25, -0.2) is 4.98 Å². The van der Waals surface area contributed by atoms with Gasteiger partial charge < -0.3 is 25.2 Å². The quantitative estimate of drug-likeness (QED) is 0.686. The Balaban J connectivity index is 1.58. The minimum Gasteiger partial charge on any atom is -0.378 e. The molecule has 2 heterocycles. The number of carbonyl (C=O) groups is 2. The zero-order valence-corrected chi connectivity index (χ0v) is 18.0. The standard InChI is InChI=1S/C22H31N5O3/c1-16-14-20(27-10-12-30-13-11-27)25-19-5-4-17(15-18(16)19)24-22(29)7-6-21(28)23-8-9-26(2)3/h4-5,14-15H,6-13H2,1-3H3,(H,23,28)(H,24,29). The van der Waals surface area contributed by atoms with Crippen molar-refractivity contribution in [3.05, 3.63) is 29.8 Å². The molecule has 0 spiro atoms. The maximum Gasteiger partial charge on any atom is 0.224 e.